The number of carbonyl (C=O) groups is 2. The molecular formula is C29H32N8O3S. The summed E-state index contributed by atoms with van der Waals surface area (Å²) >= 11 is 1.19. The molecule has 0 aliphatic rings. The Morgan fingerprint density at radius 2 is 1.76 bits per heavy atom. The minimum Gasteiger partial charge on any atom is -0.370 e. The number of aliphatic imine (C=N–C) groups is 1. The first-order valence-electron chi connectivity index (χ1n) is 13.1. The number of nitrogens with one attached hydrogen (secondary N) is 2. The molecule has 0 saturated carbocycles. The quantitative estimate of drug-likeness (QED) is 0.0772. The number of hydrogen-bond acceptors (Lipinski definition) is 8. The number of guanidine groups is 1. The highest BCUT2D eigenvalue weighted by molar-refractivity contribution is 7.11. The van der Waals surface area contributed by atoms with Gasteiger partial charge in [-0.2, -0.15) is 0 Å². The zero-order valence-corrected chi connectivity index (χ0v) is 23.2. The molecule has 0 bridgehead atoms. The molecule has 2 aromatic heterocycles. The molecule has 0 saturated heterocycles. The number of hydrogen-bond donors (Lipinski definition) is 4. The van der Waals surface area contributed by atoms with Crippen molar-refractivity contribution in [3.63, 3.8) is 0 Å². The third-order valence-electron chi connectivity index (χ3n) is 6.21. The van der Waals surface area contributed by atoms with E-state index < -0.39 is 17.5 Å². The Balaban J connectivity index is 1.55. The van der Waals surface area contributed by atoms with Crippen LogP contribution in [0.15, 0.2) is 88.2 Å². The second-order valence-electron chi connectivity index (χ2n) is 9.18. The van der Waals surface area contributed by atoms with Crippen molar-refractivity contribution < 1.29 is 9.59 Å². The Hall–Kier alpha value is -4.84. The number of Topliss-reactive ketones (excluding diaryl/α,β-unsaturated/α-hetero) is 1. The summed E-state index contributed by atoms with van der Waals surface area (Å²) in [5.74, 6) is -0.717. The summed E-state index contributed by atoms with van der Waals surface area (Å²) in [5, 5.41) is 7.88. The van der Waals surface area contributed by atoms with Crippen molar-refractivity contribution in [1.29, 1.82) is 0 Å². The number of nitrogens with two attached hydrogens (primary N) is 2. The molecule has 0 aliphatic heterocycles. The lowest BCUT2D eigenvalue weighted by atomic mass is 10.1. The van der Waals surface area contributed by atoms with E-state index in [0.717, 1.165) is 11.1 Å². The molecule has 0 unspecified atom stereocenters. The lowest BCUT2D eigenvalue weighted by Gasteiger charge is -2.19. The molecule has 0 aliphatic carbocycles. The van der Waals surface area contributed by atoms with Crippen LogP contribution in [0.2, 0.25) is 0 Å². The lowest BCUT2D eigenvalue weighted by molar-refractivity contribution is -0.122. The van der Waals surface area contributed by atoms with E-state index in [9.17, 15) is 14.4 Å². The maximum absolute atomic E-state index is 13.6. The molecule has 11 nitrogen and oxygen atoms in total. The minimum atomic E-state index is -0.857. The molecule has 2 heterocycles. The summed E-state index contributed by atoms with van der Waals surface area (Å²) in [7, 11) is 0. The maximum Gasteiger partial charge on any atom is 0.294 e. The predicted molar refractivity (Wildman–Crippen MR) is 161 cm³/mol. The van der Waals surface area contributed by atoms with E-state index in [0.29, 0.717) is 38.0 Å². The van der Waals surface area contributed by atoms with Crippen LogP contribution in [0.3, 0.4) is 0 Å². The van der Waals surface area contributed by atoms with E-state index in [4.69, 9.17) is 11.5 Å². The van der Waals surface area contributed by atoms with Crippen LogP contribution in [0.5, 0.6) is 0 Å². The van der Waals surface area contributed by atoms with Gasteiger partial charge in [-0.1, -0.05) is 60.7 Å². The zero-order valence-electron chi connectivity index (χ0n) is 22.4. The maximum atomic E-state index is 13.6. The molecule has 0 radical (unpaired) electrons. The first-order valence-corrected chi connectivity index (χ1v) is 14.0. The van der Waals surface area contributed by atoms with Crippen LogP contribution in [-0.4, -0.2) is 51.3 Å². The monoisotopic (exact) mass is 572 g/mol. The average molecular weight is 573 g/mol. The molecule has 6 N–H and O–H groups in total. The van der Waals surface area contributed by atoms with Gasteiger partial charge in [-0.3, -0.25) is 23.9 Å². The third kappa shape index (κ3) is 8.32. The average Bonchev–Trinajstić information content (AvgIpc) is 3.52. The Morgan fingerprint density at radius 1 is 1.02 bits per heavy atom. The highest BCUT2D eigenvalue weighted by atomic mass is 32.1. The van der Waals surface area contributed by atoms with E-state index in [1.54, 1.807) is 11.6 Å². The van der Waals surface area contributed by atoms with Gasteiger partial charge in [0, 0.05) is 24.7 Å². The van der Waals surface area contributed by atoms with Crippen molar-refractivity contribution in [3.8, 4) is 11.3 Å². The van der Waals surface area contributed by atoms with Crippen LogP contribution in [0.4, 0.5) is 5.82 Å². The van der Waals surface area contributed by atoms with Gasteiger partial charge in [0.15, 0.2) is 16.8 Å². The van der Waals surface area contributed by atoms with Crippen LogP contribution in [0.25, 0.3) is 11.3 Å². The first-order chi connectivity index (χ1) is 19.9. The van der Waals surface area contributed by atoms with Crippen LogP contribution >= 0.6 is 11.3 Å². The Kier molecular flexibility index (Phi) is 10.3. The SMILES string of the molecule is NC(N)=NCCC[C@H](NC(=O)Cn1c(-c2ccccc2)cnc(NCCc2ccccc2)c1=O)C(=O)c1nccs1. The Morgan fingerprint density at radius 3 is 2.44 bits per heavy atom. The first kappa shape index (κ1) is 29.2. The molecule has 2 aromatic carbocycles. The Labute approximate surface area is 241 Å². The predicted octanol–water partition coefficient (Wildman–Crippen LogP) is 2.44. The molecule has 0 spiro atoms. The summed E-state index contributed by atoms with van der Waals surface area (Å²) in [6, 6.07) is 18.3. The number of amides is 1. The number of rotatable bonds is 14. The van der Waals surface area contributed by atoms with E-state index >= 15 is 0 Å². The second kappa shape index (κ2) is 14.5. The number of ketones is 1. The fourth-order valence-corrected chi connectivity index (χ4v) is 4.86. The van der Waals surface area contributed by atoms with Gasteiger partial charge in [0.2, 0.25) is 11.7 Å². The van der Waals surface area contributed by atoms with Crippen molar-refractivity contribution in [1.82, 2.24) is 19.9 Å². The molecule has 212 valence electrons. The molecule has 1 atom stereocenters. The van der Waals surface area contributed by atoms with Crippen molar-refractivity contribution in [2.24, 2.45) is 16.5 Å². The van der Waals surface area contributed by atoms with Crippen molar-refractivity contribution in [3.05, 3.63) is 99.4 Å². The Bertz CT molecular complexity index is 1520. The molecular weight excluding hydrogens is 540 g/mol. The number of thiazole rings is 1. The number of nitrogens with zero attached hydrogens (tertiary/aromatic N) is 4. The van der Waals surface area contributed by atoms with Gasteiger partial charge in [-0.25, -0.2) is 9.97 Å². The highest BCUT2D eigenvalue weighted by Crippen LogP contribution is 2.18. The van der Waals surface area contributed by atoms with Gasteiger partial charge in [0.25, 0.3) is 5.56 Å². The number of benzene rings is 2. The van der Waals surface area contributed by atoms with Crippen LogP contribution in [0.1, 0.15) is 28.2 Å². The van der Waals surface area contributed by atoms with E-state index in [1.165, 1.54) is 22.1 Å². The topological polar surface area (TPSA) is 170 Å². The normalized spacial score (nSPS) is 11.4. The van der Waals surface area contributed by atoms with E-state index in [1.807, 2.05) is 60.7 Å². The molecule has 41 heavy (non-hydrogen) atoms. The molecule has 1 amide bonds. The summed E-state index contributed by atoms with van der Waals surface area (Å²) in [6.07, 6.45) is 4.56. The largest absolute Gasteiger partial charge is 0.370 e. The highest BCUT2D eigenvalue weighted by Gasteiger charge is 2.25. The van der Waals surface area contributed by atoms with Crippen molar-refractivity contribution in [2.45, 2.75) is 31.8 Å². The third-order valence-corrected chi connectivity index (χ3v) is 7.00. The van der Waals surface area contributed by atoms with Gasteiger partial charge in [0.05, 0.1) is 17.9 Å². The standard InChI is InChI=1S/C29H32N8O3S/c30-29(31)34-14-7-12-22(25(39)27-33-16-17-41-27)36-24(38)19-37-23(21-10-5-2-6-11-21)18-35-26(28(37)40)32-15-13-20-8-3-1-4-9-20/h1-6,8-11,16-18,22H,7,12-15,19H2,(H,32,35)(H,36,38)(H4,30,31,34)/t22-/m0/s1. The summed E-state index contributed by atoms with van der Waals surface area (Å²) in [5.41, 5.74) is 12.7. The summed E-state index contributed by atoms with van der Waals surface area (Å²) < 4.78 is 1.37. The minimum absolute atomic E-state index is 0.0458. The van der Waals surface area contributed by atoms with Gasteiger partial charge < -0.3 is 22.1 Å². The molecule has 12 heteroatoms. The number of anilines is 1. The summed E-state index contributed by atoms with van der Waals surface area (Å²) in [4.78, 5) is 52.4. The molecule has 0 fully saturated rings. The molecule has 4 rings (SSSR count). The number of aromatic nitrogens is 3. The van der Waals surface area contributed by atoms with Crippen LogP contribution in [-0.2, 0) is 17.8 Å². The van der Waals surface area contributed by atoms with E-state index in [-0.39, 0.29) is 29.1 Å². The van der Waals surface area contributed by atoms with Crippen LogP contribution in [0, 0.1) is 0 Å². The lowest BCUT2D eigenvalue weighted by Crippen LogP contribution is -2.44. The summed E-state index contributed by atoms with van der Waals surface area (Å²) in [6.45, 7) is 0.484. The van der Waals surface area contributed by atoms with Gasteiger partial charge in [-0.15, -0.1) is 11.3 Å². The van der Waals surface area contributed by atoms with E-state index in [2.05, 4.69) is 25.6 Å². The van der Waals surface area contributed by atoms with Crippen LogP contribution < -0.4 is 27.7 Å². The smallest absolute Gasteiger partial charge is 0.294 e. The van der Waals surface area contributed by atoms with Gasteiger partial charge in [-0.05, 0) is 30.4 Å². The molecule has 4 aromatic rings. The van der Waals surface area contributed by atoms with Gasteiger partial charge in [0.1, 0.15) is 6.54 Å². The zero-order chi connectivity index (χ0) is 29.0. The fourth-order valence-electron chi connectivity index (χ4n) is 4.23. The fraction of sp³-hybridized carbons (Fsp3) is 0.241. The van der Waals surface area contributed by atoms with Crippen molar-refractivity contribution in [2.75, 3.05) is 18.4 Å². The second-order valence-corrected chi connectivity index (χ2v) is 10.1. The van der Waals surface area contributed by atoms with Crippen molar-refractivity contribution >= 4 is 34.8 Å². The number of carbonyl (C=O) groups excluding carboxylic acids is 2. The van der Waals surface area contributed by atoms with Gasteiger partial charge >= 0.3 is 0 Å².